The molecule has 0 aliphatic carbocycles. The van der Waals surface area contributed by atoms with Crippen LogP contribution in [-0.2, 0) is 0 Å². The zero-order chi connectivity index (χ0) is 11.4. The minimum absolute atomic E-state index is 0.494. The third kappa shape index (κ3) is 2.11. The van der Waals surface area contributed by atoms with Gasteiger partial charge in [0.05, 0.1) is 17.4 Å². The second kappa shape index (κ2) is 4.89. The molecule has 84 valence electrons. The molecule has 0 saturated carbocycles. The summed E-state index contributed by atoms with van der Waals surface area (Å²) >= 11 is 0. The van der Waals surface area contributed by atoms with Crippen LogP contribution in [0, 0.1) is 11.3 Å². The Morgan fingerprint density at radius 2 is 2.31 bits per heavy atom. The van der Waals surface area contributed by atoms with E-state index in [2.05, 4.69) is 47.5 Å². The number of rotatable bonds is 3. The monoisotopic (exact) mass is 215 g/mol. The van der Waals surface area contributed by atoms with Crippen LogP contribution in [0.5, 0.6) is 0 Å². The van der Waals surface area contributed by atoms with Gasteiger partial charge in [-0.15, -0.1) is 0 Å². The topological polar surface area (TPSA) is 39.1 Å². The summed E-state index contributed by atoms with van der Waals surface area (Å²) in [6.07, 6.45) is 1.58. The summed E-state index contributed by atoms with van der Waals surface area (Å²) in [5.74, 6) is 0. The Balaban J connectivity index is 2.14. The Morgan fingerprint density at radius 1 is 1.50 bits per heavy atom. The second-order valence-electron chi connectivity index (χ2n) is 4.20. The predicted molar refractivity (Wildman–Crippen MR) is 66.6 cm³/mol. The molecule has 2 rings (SSSR count). The zero-order valence-corrected chi connectivity index (χ0v) is 9.61. The molecule has 0 amide bonds. The first kappa shape index (κ1) is 10.8. The molecule has 1 aliphatic rings. The number of fused-ring (bicyclic) bond motifs is 1. The van der Waals surface area contributed by atoms with Crippen LogP contribution < -0.4 is 10.2 Å². The van der Waals surface area contributed by atoms with Crippen molar-refractivity contribution >= 4 is 11.4 Å². The number of nitrogens with one attached hydrogen (secondary N) is 1. The van der Waals surface area contributed by atoms with Crippen LogP contribution in [0.15, 0.2) is 24.3 Å². The van der Waals surface area contributed by atoms with Gasteiger partial charge in [-0.05, 0) is 25.5 Å². The standard InChI is InChI=1S/C13H17N3/c1-11-10-15-12-6-2-3-7-13(12)16(11)9-5-4-8-14/h2-3,6-7,11,15H,4-5,9-10H2,1H3. The highest BCUT2D eigenvalue weighted by molar-refractivity contribution is 5.72. The molecule has 3 nitrogen and oxygen atoms in total. The van der Waals surface area contributed by atoms with Crippen LogP contribution >= 0.6 is 0 Å². The Morgan fingerprint density at radius 3 is 3.12 bits per heavy atom. The van der Waals surface area contributed by atoms with Gasteiger partial charge in [0.15, 0.2) is 0 Å². The highest BCUT2D eigenvalue weighted by atomic mass is 15.2. The summed E-state index contributed by atoms with van der Waals surface area (Å²) in [7, 11) is 0. The molecule has 0 bridgehead atoms. The van der Waals surface area contributed by atoms with E-state index in [0.717, 1.165) is 19.5 Å². The van der Waals surface area contributed by atoms with Gasteiger partial charge < -0.3 is 10.2 Å². The molecule has 1 aromatic carbocycles. The van der Waals surface area contributed by atoms with Crippen molar-refractivity contribution in [3.63, 3.8) is 0 Å². The van der Waals surface area contributed by atoms with E-state index >= 15 is 0 Å². The fourth-order valence-corrected chi connectivity index (χ4v) is 2.15. The Labute approximate surface area is 96.7 Å². The summed E-state index contributed by atoms with van der Waals surface area (Å²) in [4.78, 5) is 2.39. The summed E-state index contributed by atoms with van der Waals surface area (Å²) in [5, 5.41) is 12.0. The van der Waals surface area contributed by atoms with E-state index in [1.54, 1.807) is 0 Å². The Bertz CT molecular complexity index is 394. The molecule has 16 heavy (non-hydrogen) atoms. The lowest BCUT2D eigenvalue weighted by atomic mass is 10.1. The number of hydrogen-bond donors (Lipinski definition) is 1. The van der Waals surface area contributed by atoms with Crippen molar-refractivity contribution in [2.24, 2.45) is 0 Å². The van der Waals surface area contributed by atoms with Gasteiger partial charge in [0, 0.05) is 25.6 Å². The van der Waals surface area contributed by atoms with E-state index < -0.39 is 0 Å². The van der Waals surface area contributed by atoms with Crippen LogP contribution in [0.25, 0.3) is 0 Å². The quantitative estimate of drug-likeness (QED) is 0.788. The number of nitriles is 1. The second-order valence-corrected chi connectivity index (χ2v) is 4.20. The molecule has 1 aromatic rings. The molecule has 0 radical (unpaired) electrons. The van der Waals surface area contributed by atoms with E-state index in [9.17, 15) is 0 Å². The number of anilines is 2. The van der Waals surface area contributed by atoms with Gasteiger partial charge in [-0.2, -0.15) is 5.26 Å². The van der Waals surface area contributed by atoms with Gasteiger partial charge in [-0.1, -0.05) is 12.1 Å². The zero-order valence-electron chi connectivity index (χ0n) is 9.61. The first-order valence-corrected chi connectivity index (χ1v) is 5.79. The lowest BCUT2D eigenvalue weighted by Gasteiger charge is -2.37. The third-order valence-corrected chi connectivity index (χ3v) is 3.02. The maximum Gasteiger partial charge on any atom is 0.0622 e. The SMILES string of the molecule is CC1CNc2ccccc2N1CCCC#N. The molecule has 3 heteroatoms. The van der Waals surface area contributed by atoms with E-state index in [1.807, 2.05) is 0 Å². The maximum absolute atomic E-state index is 8.58. The van der Waals surface area contributed by atoms with Crippen molar-refractivity contribution in [3.8, 4) is 6.07 Å². The fraction of sp³-hybridized carbons (Fsp3) is 0.462. The summed E-state index contributed by atoms with van der Waals surface area (Å²) in [6, 6.07) is 11.1. The van der Waals surface area contributed by atoms with Crippen molar-refractivity contribution in [1.82, 2.24) is 0 Å². The fourth-order valence-electron chi connectivity index (χ4n) is 2.15. The number of hydrogen-bond acceptors (Lipinski definition) is 3. The Hall–Kier alpha value is -1.69. The molecule has 0 aromatic heterocycles. The lowest BCUT2D eigenvalue weighted by Crippen LogP contribution is -2.42. The van der Waals surface area contributed by atoms with E-state index in [-0.39, 0.29) is 0 Å². The molecule has 1 heterocycles. The summed E-state index contributed by atoms with van der Waals surface area (Å²) in [5.41, 5.74) is 2.47. The number of benzene rings is 1. The first-order valence-electron chi connectivity index (χ1n) is 5.79. The van der Waals surface area contributed by atoms with Crippen molar-refractivity contribution < 1.29 is 0 Å². The predicted octanol–water partition coefficient (Wildman–Crippen LogP) is 2.61. The van der Waals surface area contributed by atoms with Gasteiger partial charge in [0.2, 0.25) is 0 Å². The van der Waals surface area contributed by atoms with Crippen molar-refractivity contribution in [1.29, 1.82) is 5.26 Å². The Kier molecular flexibility index (Phi) is 3.31. The largest absolute Gasteiger partial charge is 0.381 e. The minimum Gasteiger partial charge on any atom is -0.381 e. The molecular weight excluding hydrogens is 198 g/mol. The van der Waals surface area contributed by atoms with Crippen molar-refractivity contribution in [3.05, 3.63) is 24.3 Å². The van der Waals surface area contributed by atoms with Crippen molar-refractivity contribution in [2.45, 2.75) is 25.8 Å². The normalized spacial score (nSPS) is 18.5. The van der Waals surface area contributed by atoms with Gasteiger partial charge in [0.25, 0.3) is 0 Å². The van der Waals surface area contributed by atoms with Gasteiger partial charge in [-0.3, -0.25) is 0 Å². The molecule has 1 unspecified atom stereocenters. The molecule has 1 aliphatic heterocycles. The third-order valence-electron chi connectivity index (χ3n) is 3.02. The summed E-state index contributed by atoms with van der Waals surface area (Å²) < 4.78 is 0. The van der Waals surface area contributed by atoms with Gasteiger partial charge in [-0.25, -0.2) is 0 Å². The molecule has 0 spiro atoms. The van der Waals surface area contributed by atoms with Crippen LogP contribution in [0.2, 0.25) is 0 Å². The van der Waals surface area contributed by atoms with Gasteiger partial charge >= 0.3 is 0 Å². The number of para-hydroxylation sites is 2. The van der Waals surface area contributed by atoms with E-state index in [1.165, 1.54) is 11.4 Å². The van der Waals surface area contributed by atoms with Crippen LogP contribution in [-0.4, -0.2) is 19.1 Å². The molecular formula is C13H17N3. The van der Waals surface area contributed by atoms with Crippen LogP contribution in [0.4, 0.5) is 11.4 Å². The molecule has 1 atom stereocenters. The van der Waals surface area contributed by atoms with E-state index in [0.29, 0.717) is 12.5 Å². The van der Waals surface area contributed by atoms with Crippen LogP contribution in [0.1, 0.15) is 19.8 Å². The van der Waals surface area contributed by atoms with Crippen molar-refractivity contribution in [2.75, 3.05) is 23.3 Å². The number of unbranched alkanes of at least 4 members (excludes halogenated alkanes) is 1. The molecule has 0 saturated heterocycles. The average molecular weight is 215 g/mol. The highest BCUT2D eigenvalue weighted by Crippen LogP contribution is 2.30. The summed E-state index contributed by atoms with van der Waals surface area (Å²) in [6.45, 7) is 4.16. The van der Waals surface area contributed by atoms with Crippen LogP contribution in [0.3, 0.4) is 0 Å². The molecule has 0 fully saturated rings. The number of nitrogens with zero attached hydrogens (tertiary/aromatic N) is 2. The average Bonchev–Trinajstić information content (AvgIpc) is 2.32. The first-order chi connectivity index (χ1) is 7.83. The smallest absolute Gasteiger partial charge is 0.0622 e. The van der Waals surface area contributed by atoms with E-state index in [4.69, 9.17) is 5.26 Å². The maximum atomic E-state index is 8.58. The highest BCUT2D eigenvalue weighted by Gasteiger charge is 2.21. The minimum atomic E-state index is 0.494. The molecule has 1 N–H and O–H groups in total. The lowest BCUT2D eigenvalue weighted by molar-refractivity contribution is 0.625. The van der Waals surface area contributed by atoms with Gasteiger partial charge in [0.1, 0.15) is 0 Å².